The molecule has 0 atom stereocenters. The number of benzene rings is 2. The summed E-state index contributed by atoms with van der Waals surface area (Å²) >= 11 is 0. The van der Waals surface area contributed by atoms with Crippen LogP contribution in [0.5, 0.6) is 0 Å². The van der Waals surface area contributed by atoms with Crippen molar-refractivity contribution < 1.29 is 9.59 Å². The quantitative estimate of drug-likeness (QED) is 0.787. The van der Waals surface area contributed by atoms with E-state index in [1.54, 1.807) is 18.7 Å². The van der Waals surface area contributed by atoms with Crippen molar-refractivity contribution in [2.45, 2.75) is 41.2 Å². The first-order valence-electron chi connectivity index (χ1n) is 8.97. The first-order chi connectivity index (χ1) is 12.2. The van der Waals surface area contributed by atoms with Crippen molar-refractivity contribution in [3.8, 4) is 0 Å². The fraction of sp³-hybridized carbons (Fsp3) is 0.364. The molecule has 0 heterocycles. The van der Waals surface area contributed by atoms with Crippen LogP contribution < -0.4 is 5.32 Å². The van der Waals surface area contributed by atoms with Crippen LogP contribution in [0, 0.1) is 19.3 Å². The van der Waals surface area contributed by atoms with Crippen LogP contribution in [0.1, 0.15) is 37.5 Å². The molecule has 2 aromatic rings. The third-order valence-electron chi connectivity index (χ3n) is 4.47. The lowest BCUT2D eigenvalue weighted by molar-refractivity contribution is -0.146. The van der Waals surface area contributed by atoms with Gasteiger partial charge in [0.25, 0.3) is 0 Å². The summed E-state index contributed by atoms with van der Waals surface area (Å²) in [6.07, 6.45) is 0. The van der Waals surface area contributed by atoms with Gasteiger partial charge < -0.3 is 10.2 Å². The number of carbonyl (C=O) groups excluding carboxylic acids is 2. The Morgan fingerprint density at radius 2 is 1.58 bits per heavy atom. The molecule has 0 saturated carbocycles. The SMILES string of the molecule is CCN(Cc1ccccc1)C(=O)C(C)(C)C(=O)Nc1cc(C)cc(C)c1. The Labute approximate surface area is 156 Å². The predicted octanol–water partition coefficient (Wildman–Crippen LogP) is 4.32. The maximum atomic E-state index is 13.0. The molecule has 0 aromatic heterocycles. The number of aryl methyl sites for hydroxylation is 2. The van der Waals surface area contributed by atoms with Crippen molar-refractivity contribution in [3.05, 3.63) is 65.2 Å². The van der Waals surface area contributed by atoms with Gasteiger partial charge in [-0.3, -0.25) is 9.59 Å². The van der Waals surface area contributed by atoms with Gasteiger partial charge in [-0.25, -0.2) is 0 Å². The molecule has 1 N–H and O–H groups in total. The number of amides is 2. The summed E-state index contributed by atoms with van der Waals surface area (Å²) in [5.41, 5.74) is 2.77. The predicted molar refractivity (Wildman–Crippen MR) is 106 cm³/mol. The molecule has 138 valence electrons. The summed E-state index contributed by atoms with van der Waals surface area (Å²) < 4.78 is 0. The van der Waals surface area contributed by atoms with Gasteiger partial charge in [-0.05, 0) is 63.4 Å². The summed E-state index contributed by atoms with van der Waals surface area (Å²) in [6.45, 7) is 10.3. The van der Waals surface area contributed by atoms with Crippen LogP contribution in [0.15, 0.2) is 48.5 Å². The fourth-order valence-corrected chi connectivity index (χ4v) is 2.96. The second kappa shape index (κ2) is 8.17. The molecule has 0 radical (unpaired) electrons. The monoisotopic (exact) mass is 352 g/mol. The second-order valence-electron chi connectivity index (χ2n) is 7.26. The number of hydrogen-bond acceptors (Lipinski definition) is 2. The van der Waals surface area contributed by atoms with Crippen molar-refractivity contribution in [2.24, 2.45) is 5.41 Å². The lowest BCUT2D eigenvalue weighted by Crippen LogP contribution is -2.47. The van der Waals surface area contributed by atoms with Gasteiger partial charge in [0.15, 0.2) is 0 Å². The lowest BCUT2D eigenvalue weighted by Gasteiger charge is -2.30. The van der Waals surface area contributed by atoms with E-state index in [-0.39, 0.29) is 11.8 Å². The van der Waals surface area contributed by atoms with E-state index in [1.165, 1.54) is 0 Å². The van der Waals surface area contributed by atoms with Crippen LogP contribution in [0.3, 0.4) is 0 Å². The first kappa shape index (κ1) is 19.7. The third-order valence-corrected chi connectivity index (χ3v) is 4.47. The maximum Gasteiger partial charge on any atom is 0.239 e. The van der Waals surface area contributed by atoms with Crippen LogP contribution in [0.2, 0.25) is 0 Å². The molecule has 0 unspecified atom stereocenters. The Morgan fingerprint density at radius 1 is 1.00 bits per heavy atom. The van der Waals surface area contributed by atoms with E-state index in [0.717, 1.165) is 22.4 Å². The molecule has 2 amide bonds. The highest BCUT2D eigenvalue weighted by Gasteiger charge is 2.38. The number of nitrogens with one attached hydrogen (secondary N) is 1. The Bertz CT molecular complexity index is 762. The molecule has 2 rings (SSSR count). The molecule has 4 nitrogen and oxygen atoms in total. The summed E-state index contributed by atoms with van der Waals surface area (Å²) in [7, 11) is 0. The summed E-state index contributed by atoms with van der Waals surface area (Å²) in [5.74, 6) is -0.468. The van der Waals surface area contributed by atoms with Gasteiger partial charge in [0, 0.05) is 18.8 Å². The van der Waals surface area contributed by atoms with Crippen molar-refractivity contribution in [1.29, 1.82) is 0 Å². The van der Waals surface area contributed by atoms with E-state index < -0.39 is 5.41 Å². The third kappa shape index (κ3) is 4.72. The molecular weight excluding hydrogens is 324 g/mol. The summed E-state index contributed by atoms with van der Waals surface area (Å²) in [4.78, 5) is 27.6. The van der Waals surface area contributed by atoms with Crippen LogP contribution in [0.25, 0.3) is 0 Å². The smallest absolute Gasteiger partial charge is 0.239 e. The van der Waals surface area contributed by atoms with Gasteiger partial charge in [0.1, 0.15) is 5.41 Å². The van der Waals surface area contributed by atoms with Crippen LogP contribution in [-0.4, -0.2) is 23.3 Å². The highest BCUT2D eigenvalue weighted by molar-refractivity contribution is 6.09. The molecule has 0 aliphatic rings. The Hall–Kier alpha value is -2.62. The number of rotatable bonds is 6. The fourth-order valence-electron chi connectivity index (χ4n) is 2.96. The van der Waals surface area contributed by atoms with Gasteiger partial charge in [-0.1, -0.05) is 36.4 Å². The molecule has 2 aromatic carbocycles. The molecule has 0 saturated heterocycles. The molecule has 0 bridgehead atoms. The number of carbonyl (C=O) groups is 2. The number of hydrogen-bond donors (Lipinski definition) is 1. The van der Waals surface area contributed by atoms with E-state index in [9.17, 15) is 9.59 Å². The molecule has 0 fully saturated rings. The average Bonchev–Trinajstić information content (AvgIpc) is 2.59. The van der Waals surface area contributed by atoms with Crippen molar-refractivity contribution in [2.75, 3.05) is 11.9 Å². The molecule has 0 spiro atoms. The highest BCUT2D eigenvalue weighted by atomic mass is 16.2. The second-order valence-corrected chi connectivity index (χ2v) is 7.26. The zero-order valence-corrected chi connectivity index (χ0v) is 16.3. The highest BCUT2D eigenvalue weighted by Crippen LogP contribution is 2.24. The molecule has 4 heteroatoms. The Balaban J connectivity index is 2.15. The van der Waals surface area contributed by atoms with Gasteiger partial charge in [-0.2, -0.15) is 0 Å². The van der Waals surface area contributed by atoms with E-state index in [0.29, 0.717) is 13.1 Å². The standard InChI is InChI=1S/C22H28N2O2/c1-6-24(15-18-10-8-7-9-11-18)21(26)22(4,5)20(25)23-19-13-16(2)12-17(3)14-19/h7-14H,6,15H2,1-5H3,(H,23,25). The lowest BCUT2D eigenvalue weighted by atomic mass is 9.89. The zero-order valence-electron chi connectivity index (χ0n) is 16.3. The van der Waals surface area contributed by atoms with E-state index in [1.807, 2.05) is 69.3 Å². The van der Waals surface area contributed by atoms with Crippen LogP contribution in [0.4, 0.5) is 5.69 Å². The van der Waals surface area contributed by atoms with E-state index >= 15 is 0 Å². The summed E-state index contributed by atoms with van der Waals surface area (Å²) in [5, 5.41) is 2.90. The molecule has 26 heavy (non-hydrogen) atoms. The van der Waals surface area contributed by atoms with Gasteiger partial charge in [-0.15, -0.1) is 0 Å². The van der Waals surface area contributed by atoms with Gasteiger partial charge in [0.05, 0.1) is 0 Å². The number of anilines is 1. The normalized spacial score (nSPS) is 11.1. The minimum atomic E-state index is -1.15. The Kier molecular flexibility index (Phi) is 6.19. The van der Waals surface area contributed by atoms with E-state index in [4.69, 9.17) is 0 Å². The van der Waals surface area contributed by atoms with Crippen LogP contribution >= 0.6 is 0 Å². The molecule has 0 aliphatic carbocycles. The van der Waals surface area contributed by atoms with Crippen molar-refractivity contribution in [3.63, 3.8) is 0 Å². The van der Waals surface area contributed by atoms with Crippen molar-refractivity contribution >= 4 is 17.5 Å². The number of nitrogens with zero attached hydrogens (tertiary/aromatic N) is 1. The minimum absolute atomic E-state index is 0.175. The topological polar surface area (TPSA) is 49.4 Å². The largest absolute Gasteiger partial charge is 0.338 e. The zero-order chi connectivity index (χ0) is 19.3. The first-order valence-corrected chi connectivity index (χ1v) is 8.97. The minimum Gasteiger partial charge on any atom is -0.338 e. The molecule has 0 aliphatic heterocycles. The van der Waals surface area contributed by atoms with Crippen LogP contribution in [-0.2, 0) is 16.1 Å². The van der Waals surface area contributed by atoms with Gasteiger partial charge in [0.2, 0.25) is 11.8 Å². The summed E-state index contributed by atoms with van der Waals surface area (Å²) in [6, 6.07) is 15.7. The molecular formula is C22H28N2O2. The van der Waals surface area contributed by atoms with Gasteiger partial charge >= 0.3 is 0 Å². The average molecular weight is 352 g/mol. The van der Waals surface area contributed by atoms with E-state index in [2.05, 4.69) is 5.32 Å². The maximum absolute atomic E-state index is 13.0. The Morgan fingerprint density at radius 3 is 2.12 bits per heavy atom. The van der Waals surface area contributed by atoms with Crippen molar-refractivity contribution in [1.82, 2.24) is 4.90 Å².